The fourth-order valence-corrected chi connectivity index (χ4v) is 5.28. The first kappa shape index (κ1) is 31.5. The van der Waals surface area contributed by atoms with Crippen LogP contribution in [0.1, 0.15) is 44.7 Å². The van der Waals surface area contributed by atoms with Crippen molar-refractivity contribution >= 4 is 58.3 Å². The van der Waals surface area contributed by atoms with Gasteiger partial charge in [-0.25, -0.2) is 0 Å². The zero-order valence-electron chi connectivity index (χ0n) is 22.9. The molecule has 2 amide bonds. The summed E-state index contributed by atoms with van der Waals surface area (Å²) < 4.78 is 0. The van der Waals surface area contributed by atoms with Gasteiger partial charge in [0, 0.05) is 48.7 Å². The maximum Gasteiger partial charge on any atom is 0.237 e. The molecule has 0 aliphatic heterocycles. The third-order valence-corrected chi connectivity index (χ3v) is 7.78. The Morgan fingerprint density at radius 1 is 0.700 bits per heavy atom. The van der Waals surface area contributed by atoms with E-state index in [1.54, 1.807) is 59.9 Å². The number of amides is 2. The number of fused-ring (bicyclic) bond motifs is 2. The first-order chi connectivity index (χ1) is 19.3. The summed E-state index contributed by atoms with van der Waals surface area (Å²) in [7, 11) is 0. The molecular weight excluding hydrogens is 548 g/mol. The lowest BCUT2D eigenvalue weighted by molar-refractivity contribution is -0.123. The molecule has 0 unspecified atom stereocenters. The number of benzene rings is 2. The summed E-state index contributed by atoms with van der Waals surface area (Å²) >= 11 is 3.26. The molecule has 0 saturated carbocycles. The van der Waals surface area contributed by atoms with Gasteiger partial charge in [0.05, 0.1) is 23.2 Å². The van der Waals surface area contributed by atoms with Crippen LogP contribution >= 0.6 is 23.5 Å². The Morgan fingerprint density at radius 3 is 1.48 bits per heavy atom. The highest BCUT2D eigenvalue weighted by atomic mass is 32.2. The number of nitrogens with one attached hydrogen (secondary N) is 4. The van der Waals surface area contributed by atoms with Crippen LogP contribution in [0.2, 0.25) is 0 Å². The Balaban J connectivity index is 1.71. The summed E-state index contributed by atoms with van der Waals surface area (Å²) in [6, 6.07) is 9.09. The van der Waals surface area contributed by atoms with Crippen molar-refractivity contribution in [3.8, 4) is 0 Å². The van der Waals surface area contributed by atoms with Crippen molar-refractivity contribution in [3.63, 3.8) is 0 Å². The van der Waals surface area contributed by atoms with E-state index < -0.39 is 12.1 Å². The highest BCUT2D eigenvalue weighted by Gasteiger charge is 2.33. The van der Waals surface area contributed by atoms with E-state index >= 15 is 0 Å². The van der Waals surface area contributed by atoms with Crippen LogP contribution in [0.3, 0.4) is 0 Å². The van der Waals surface area contributed by atoms with E-state index in [0.717, 1.165) is 11.5 Å². The van der Waals surface area contributed by atoms with Gasteiger partial charge in [0.25, 0.3) is 0 Å². The fraction of sp³-hybridized carbons (Fsp3) is 0.429. The molecule has 1 aliphatic carbocycles. The molecule has 10 nitrogen and oxygen atoms in total. The van der Waals surface area contributed by atoms with Crippen molar-refractivity contribution in [1.29, 1.82) is 0 Å². The van der Waals surface area contributed by atoms with Gasteiger partial charge in [0.1, 0.15) is 0 Å². The number of thioether (sulfide) groups is 2. The molecule has 0 radical (unpaired) electrons. The van der Waals surface area contributed by atoms with E-state index in [9.17, 15) is 19.2 Å². The minimum absolute atomic E-state index is 0.227. The van der Waals surface area contributed by atoms with Crippen LogP contribution in [0.15, 0.2) is 36.4 Å². The molecule has 0 bridgehead atoms. The molecule has 2 aromatic carbocycles. The highest BCUT2D eigenvalue weighted by Crippen LogP contribution is 2.36. The summed E-state index contributed by atoms with van der Waals surface area (Å²) in [6.07, 6.45) is 5.10. The molecule has 0 saturated heterocycles. The Labute approximate surface area is 243 Å². The molecule has 3 rings (SSSR count). The zero-order chi connectivity index (χ0) is 29.1. The van der Waals surface area contributed by atoms with Crippen molar-refractivity contribution in [3.05, 3.63) is 58.7 Å². The number of carbonyl (C=O) groups is 4. The number of carbonyl (C=O) groups excluding carboxylic acids is 4. The topological polar surface area (TPSA) is 168 Å². The number of hydrogen-bond acceptors (Lipinski definition) is 10. The second-order valence-electron chi connectivity index (χ2n) is 9.33. The van der Waals surface area contributed by atoms with Crippen LogP contribution in [0, 0.1) is 0 Å². The minimum Gasteiger partial charge on any atom is -0.383 e. The van der Waals surface area contributed by atoms with Crippen LogP contribution < -0.4 is 32.7 Å². The molecular formula is C28H38N6O4S2. The molecule has 0 heterocycles. The van der Waals surface area contributed by atoms with Gasteiger partial charge in [-0.05, 0) is 49.0 Å². The molecule has 8 N–H and O–H groups in total. The number of ketones is 2. The van der Waals surface area contributed by atoms with E-state index in [1.165, 1.54) is 0 Å². The van der Waals surface area contributed by atoms with Crippen molar-refractivity contribution in [2.75, 3.05) is 60.8 Å². The maximum atomic E-state index is 13.6. The van der Waals surface area contributed by atoms with Gasteiger partial charge >= 0.3 is 0 Å². The van der Waals surface area contributed by atoms with Crippen LogP contribution in [0.5, 0.6) is 0 Å². The number of rotatable bonds is 16. The average molecular weight is 587 g/mol. The van der Waals surface area contributed by atoms with E-state index in [2.05, 4.69) is 21.3 Å². The largest absolute Gasteiger partial charge is 0.383 e. The van der Waals surface area contributed by atoms with Crippen LogP contribution in [-0.2, 0) is 9.59 Å². The molecule has 216 valence electrons. The zero-order valence-corrected chi connectivity index (χ0v) is 24.5. The van der Waals surface area contributed by atoms with Crippen molar-refractivity contribution in [2.24, 2.45) is 11.5 Å². The first-order valence-electron chi connectivity index (χ1n) is 13.2. The van der Waals surface area contributed by atoms with Crippen molar-refractivity contribution in [2.45, 2.75) is 24.9 Å². The van der Waals surface area contributed by atoms with Crippen molar-refractivity contribution < 1.29 is 19.2 Å². The predicted octanol–water partition coefficient (Wildman–Crippen LogP) is 1.68. The summed E-state index contributed by atoms with van der Waals surface area (Å²) in [6.45, 7) is 1.29. The normalized spacial score (nSPS) is 13.6. The molecule has 1 aliphatic rings. The van der Waals surface area contributed by atoms with Gasteiger partial charge in [-0.3, -0.25) is 19.2 Å². The summed E-state index contributed by atoms with van der Waals surface area (Å²) in [4.78, 5) is 51.5. The Hall–Kier alpha value is -3.06. The standard InChI is InChI=1S/C28H38N6O4S2/c1-39-15-9-19(29)27(37)33-13-11-31-21-7-8-22(32-12-14-34-28(38)20(30)10-16-40-2)24-23(21)25(35)17-5-3-4-6-18(17)26(24)36/h3-8,19-20,31-32H,9-16,29-30H2,1-2H3,(H,33,37)(H,34,38)/t19-,20-/m0/s1. The summed E-state index contributed by atoms with van der Waals surface area (Å²) in [5.41, 5.74) is 14.1. The molecule has 0 spiro atoms. The lowest BCUT2D eigenvalue weighted by atomic mass is 9.82. The quantitative estimate of drug-likeness (QED) is 0.136. The lowest BCUT2D eigenvalue weighted by Gasteiger charge is -2.24. The third kappa shape index (κ3) is 8.00. The summed E-state index contributed by atoms with van der Waals surface area (Å²) in [5.74, 6) is 0.634. The fourth-order valence-electron chi connectivity index (χ4n) is 4.30. The van der Waals surface area contributed by atoms with Gasteiger partial charge in [0.2, 0.25) is 11.8 Å². The number of hydrogen-bond donors (Lipinski definition) is 6. The maximum absolute atomic E-state index is 13.6. The summed E-state index contributed by atoms with van der Waals surface area (Å²) in [5, 5.41) is 12.0. The van der Waals surface area contributed by atoms with Gasteiger partial charge in [0.15, 0.2) is 11.6 Å². The molecule has 0 fully saturated rings. The Bertz CT molecular complexity index is 1130. The molecule has 0 aromatic heterocycles. The van der Waals surface area contributed by atoms with Crippen LogP contribution in [-0.4, -0.2) is 85.7 Å². The number of nitrogens with two attached hydrogens (primary N) is 2. The Morgan fingerprint density at radius 2 is 1.10 bits per heavy atom. The molecule has 2 atom stereocenters. The van der Waals surface area contributed by atoms with E-state index in [-0.39, 0.29) is 34.5 Å². The average Bonchev–Trinajstić information content (AvgIpc) is 2.97. The highest BCUT2D eigenvalue weighted by molar-refractivity contribution is 7.98. The molecule has 2 aromatic rings. The monoisotopic (exact) mass is 586 g/mol. The number of anilines is 2. The smallest absolute Gasteiger partial charge is 0.237 e. The van der Waals surface area contributed by atoms with E-state index in [0.29, 0.717) is 61.5 Å². The van der Waals surface area contributed by atoms with Crippen molar-refractivity contribution in [1.82, 2.24) is 10.6 Å². The first-order valence-corrected chi connectivity index (χ1v) is 16.0. The van der Waals surface area contributed by atoms with Crippen LogP contribution in [0.25, 0.3) is 0 Å². The van der Waals surface area contributed by atoms with Gasteiger partial charge in [-0.2, -0.15) is 23.5 Å². The Kier molecular flexibility index (Phi) is 12.3. The van der Waals surface area contributed by atoms with Gasteiger partial charge in [-0.1, -0.05) is 24.3 Å². The third-order valence-electron chi connectivity index (χ3n) is 6.49. The minimum atomic E-state index is -0.572. The predicted molar refractivity (Wildman–Crippen MR) is 165 cm³/mol. The lowest BCUT2D eigenvalue weighted by Crippen LogP contribution is -2.42. The SMILES string of the molecule is CSCC[C@H](N)C(=O)NCCNc1ccc(NCCNC(=O)[C@@H](N)CCSC)c2c1C(=O)c1ccccc1C2=O. The molecule has 12 heteroatoms. The molecule has 40 heavy (non-hydrogen) atoms. The second kappa shape index (κ2) is 15.7. The second-order valence-corrected chi connectivity index (χ2v) is 11.3. The van der Waals surface area contributed by atoms with Crippen LogP contribution in [0.4, 0.5) is 11.4 Å². The van der Waals surface area contributed by atoms with E-state index in [1.807, 2.05) is 12.5 Å². The van der Waals surface area contributed by atoms with Gasteiger partial charge < -0.3 is 32.7 Å². The van der Waals surface area contributed by atoms with E-state index in [4.69, 9.17) is 11.5 Å². The van der Waals surface area contributed by atoms with Gasteiger partial charge in [-0.15, -0.1) is 0 Å².